The number of rotatable bonds is 8. The number of hydrogen-bond donors (Lipinski definition) is 2. The first-order valence-corrected chi connectivity index (χ1v) is 11.1. The first kappa shape index (κ1) is 24.1. The molecule has 0 aromatic heterocycles. The van der Waals surface area contributed by atoms with Crippen LogP contribution in [0.3, 0.4) is 0 Å². The van der Waals surface area contributed by atoms with Crippen LogP contribution >= 0.6 is 27.7 Å². The zero-order chi connectivity index (χ0) is 20.8. The van der Waals surface area contributed by atoms with E-state index in [1.54, 1.807) is 5.56 Å². The van der Waals surface area contributed by atoms with Crippen LogP contribution in [0.4, 0.5) is 5.69 Å². The maximum atomic E-state index is 8.81. The van der Waals surface area contributed by atoms with Crippen molar-refractivity contribution in [3.05, 3.63) is 42.0 Å². The standard InChI is InChI=1S/C17H20BrNS.C2H4N2.CH3NO2/c1-2-20-12-19(11-18)17-10-9-14(13-7-8-13)15-5-3-4-6-16(15)17;1-3-4-2;3-1-2-4/h3-6,9-10,13H,2,7-8,11-12H2,1H3;1-2H2;1,4H,(H,2,3). The second-order valence-corrected chi connectivity index (χ2v) is 7.55. The smallest absolute Gasteiger partial charge is 0.230 e. The number of carbonyl (C=O) groups excluding carboxylic acids is 1. The minimum absolute atomic E-state index is 0.181. The van der Waals surface area contributed by atoms with E-state index in [-0.39, 0.29) is 6.41 Å². The fourth-order valence-electron chi connectivity index (χ4n) is 2.70. The van der Waals surface area contributed by atoms with Crippen LogP contribution < -0.4 is 10.4 Å². The topological polar surface area (TPSA) is 77.3 Å². The minimum Gasteiger partial charge on any atom is -0.352 e. The lowest BCUT2D eigenvalue weighted by Crippen LogP contribution is -2.20. The van der Waals surface area contributed by atoms with Gasteiger partial charge in [-0.3, -0.25) is 10.0 Å². The van der Waals surface area contributed by atoms with Crippen LogP contribution in [0.2, 0.25) is 0 Å². The van der Waals surface area contributed by atoms with E-state index in [0.717, 1.165) is 23.0 Å². The third-order valence-electron chi connectivity index (χ3n) is 4.04. The van der Waals surface area contributed by atoms with E-state index >= 15 is 0 Å². The number of anilines is 1. The van der Waals surface area contributed by atoms with Gasteiger partial charge in [0.15, 0.2) is 0 Å². The van der Waals surface area contributed by atoms with E-state index in [2.05, 4.69) is 87.8 Å². The Labute approximate surface area is 179 Å². The highest BCUT2D eigenvalue weighted by atomic mass is 79.9. The predicted octanol–water partition coefficient (Wildman–Crippen LogP) is 5.01. The van der Waals surface area contributed by atoms with E-state index in [4.69, 9.17) is 10.0 Å². The Morgan fingerprint density at radius 2 is 1.86 bits per heavy atom. The molecule has 0 radical (unpaired) electrons. The Morgan fingerprint density at radius 1 is 1.25 bits per heavy atom. The summed E-state index contributed by atoms with van der Waals surface area (Å²) in [6.07, 6.45) is 2.90. The van der Waals surface area contributed by atoms with E-state index in [1.165, 1.54) is 34.8 Å². The molecular weight excluding hydrogens is 440 g/mol. The summed E-state index contributed by atoms with van der Waals surface area (Å²) in [5.74, 6) is 2.99. The first-order chi connectivity index (χ1) is 13.7. The van der Waals surface area contributed by atoms with Gasteiger partial charge in [-0.05, 0) is 41.5 Å². The molecule has 1 aliphatic carbocycles. The number of alkyl halides is 1. The van der Waals surface area contributed by atoms with Crippen molar-refractivity contribution in [1.82, 2.24) is 5.48 Å². The van der Waals surface area contributed by atoms with E-state index in [1.807, 2.05) is 11.8 Å². The quantitative estimate of drug-likeness (QED) is 0.109. The van der Waals surface area contributed by atoms with Crippen LogP contribution in [0, 0.1) is 0 Å². The van der Waals surface area contributed by atoms with Crippen LogP contribution in [0.5, 0.6) is 0 Å². The predicted molar refractivity (Wildman–Crippen MR) is 125 cm³/mol. The zero-order valence-corrected chi connectivity index (χ0v) is 18.5. The van der Waals surface area contributed by atoms with Crippen LogP contribution in [0.1, 0.15) is 31.2 Å². The highest BCUT2D eigenvalue weighted by molar-refractivity contribution is 9.09. The third-order valence-corrected chi connectivity index (χ3v) is 5.55. The van der Waals surface area contributed by atoms with Gasteiger partial charge in [0.2, 0.25) is 6.41 Å². The van der Waals surface area contributed by atoms with E-state index in [0.29, 0.717) is 0 Å². The summed E-state index contributed by atoms with van der Waals surface area (Å²) in [6, 6.07) is 13.5. The third kappa shape index (κ3) is 7.61. The number of nitrogens with zero attached hydrogens (tertiary/aromatic N) is 3. The van der Waals surface area contributed by atoms with E-state index in [9.17, 15) is 0 Å². The summed E-state index contributed by atoms with van der Waals surface area (Å²) in [6.45, 7) is 8.21. The molecule has 1 amide bonds. The maximum Gasteiger partial charge on any atom is 0.230 e. The molecule has 2 aromatic rings. The van der Waals surface area contributed by atoms with Crippen LogP contribution in [0.25, 0.3) is 10.8 Å². The molecule has 8 heteroatoms. The fourth-order valence-corrected chi connectivity index (χ4v) is 4.02. The van der Waals surface area contributed by atoms with Gasteiger partial charge in [0.25, 0.3) is 0 Å². The molecular formula is C20H27BrN4O2S. The molecule has 0 atom stereocenters. The van der Waals surface area contributed by atoms with Gasteiger partial charge in [0.05, 0.1) is 11.3 Å². The Balaban J connectivity index is 0.000000420. The second kappa shape index (κ2) is 14.1. The zero-order valence-electron chi connectivity index (χ0n) is 16.1. The Hall–Kier alpha value is -1.90. The van der Waals surface area contributed by atoms with Crippen LogP contribution in [0.15, 0.2) is 46.6 Å². The summed E-state index contributed by atoms with van der Waals surface area (Å²) in [5.41, 5.74) is 5.03. The van der Waals surface area contributed by atoms with Crippen molar-refractivity contribution in [2.24, 2.45) is 10.2 Å². The van der Waals surface area contributed by atoms with Crippen molar-refractivity contribution >= 4 is 64.0 Å². The largest absolute Gasteiger partial charge is 0.352 e. The normalized spacial score (nSPS) is 12.0. The number of carbonyl (C=O) groups is 1. The summed E-state index contributed by atoms with van der Waals surface area (Å²) in [5, 5.41) is 16.1. The molecule has 28 heavy (non-hydrogen) atoms. The lowest BCUT2D eigenvalue weighted by molar-refractivity contribution is -0.116. The molecule has 0 aliphatic heterocycles. The Kier molecular flexibility index (Phi) is 12.2. The lowest BCUT2D eigenvalue weighted by Gasteiger charge is -2.24. The van der Waals surface area contributed by atoms with Crippen molar-refractivity contribution in [3.8, 4) is 0 Å². The number of halogens is 1. The number of fused-ring (bicyclic) bond motifs is 1. The van der Waals surface area contributed by atoms with Crippen LogP contribution in [-0.4, -0.2) is 42.1 Å². The molecule has 2 aromatic carbocycles. The fraction of sp³-hybridized carbons (Fsp3) is 0.350. The SMILES string of the molecule is C=NN=C.CCSCN(CBr)c1ccc(C2CC2)c2ccccc12.O=CNO. The van der Waals surface area contributed by atoms with Gasteiger partial charge in [-0.25, -0.2) is 5.48 Å². The average Bonchev–Trinajstić information content (AvgIpc) is 3.59. The van der Waals surface area contributed by atoms with Gasteiger partial charge >= 0.3 is 0 Å². The van der Waals surface area contributed by atoms with Crippen molar-refractivity contribution in [1.29, 1.82) is 0 Å². The summed E-state index contributed by atoms with van der Waals surface area (Å²) < 4.78 is 0. The Bertz CT molecular complexity index is 750. The number of benzene rings is 2. The number of hydrogen-bond acceptors (Lipinski definition) is 6. The molecule has 0 spiro atoms. The van der Waals surface area contributed by atoms with Crippen molar-refractivity contribution in [2.45, 2.75) is 25.7 Å². The van der Waals surface area contributed by atoms with Crippen molar-refractivity contribution in [2.75, 3.05) is 22.0 Å². The van der Waals surface area contributed by atoms with Crippen molar-refractivity contribution in [3.63, 3.8) is 0 Å². The average molecular weight is 467 g/mol. The minimum atomic E-state index is 0.181. The monoisotopic (exact) mass is 466 g/mol. The molecule has 1 saturated carbocycles. The molecule has 0 heterocycles. The molecule has 1 aliphatic rings. The molecule has 2 N–H and O–H groups in total. The van der Waals surface area contributed by atoms with Gasteiger partial charge in [0, 0.05) is 24.5 Å². The number of amides is 1. The van der Waals surface area contributed by atoms with Gasteiger partial charge < -0.3 is 4.90 Å². The van der Waals surface area contributed by atoms with Crippen LogP contribution in [-0.2, 0) is 4.79 Å². The summed E-state index contributed by atoms with van der Waals surface area (Å²) in [7, 11) is 0. The molecule has 1 fully saturated rings. The molecule has 0 saturated heterocycles. The second-order valence-electron chi connectivity index (χ2n) is 5.80. The molecule has 6 nitrogen and oxygen atoms in total. The lowest BCUT2D eigenvalue weighted by atomic mass is 9.99. The first-order valence-electron chi connectivity index (χ1n) is 8.83. The van der Waals surface area contributed by atoms with Gasteiger partial charge in [-0.15, -0.1) is 11.8 Å². The Morgan fingerprint density at radius 3 is 2.32 bits per heavy atom. The van der Waals surface area contributed by atoms with Gasteiger partial charge in [-0.1, -0.05) is 53.2 Å². The number of nitrogens with one attached hydrogen (secondary N) is 1. The summed E-state index contributed by atoms with van der Waals surface area (Å²) in [4.78, 5) is 11.2. The molecule has 152 valence electrons. The van der Waals surface area contributed by atoms with Gasteiger partial charge in [0.1, 0.15) is 0 Å². The highest BCUT2D eigenvalue weighted by Crippen LogP contribution is 2.44. The van der Waals surface area contributed by atoms with E-state index < -0.39 is 0 Å². The molecule has 3 rings (SSSR count). The molecule has 0 unspecified atom stereocenters. The molecule has 0 bridgehead atoms. The van der Waals surface area contributed by atoms with Gasteiger partial charge in [-0.2, -0.15) is 10.2 Å². The number of hydroxylamine groups is 1. The number of thioether (sulfide) groups is 1. The summed E-state index contributed by atoms with van der Waals surface area (Å²) >= 11 is 5.60. The van der Waals surface area contributed by atoms with Crippen molar-refractivity contribution < 1.29 is 10.0 Å². The highest BCUT2D eigenvalue weighted by Gasteiger charge is 2.26. The maximum absolute atomic E-state index is 8.81.